The van der Waals surface area contributed by atoms with Gasteiger partial charge < -0.3 is 5.32 Å². The summed E-state index contributed by atoms with van der Waals surface area (Å²) in [5.74, 6) is 1.31. The molecule has 1 aromatic heterocycles. The Balaban J connectivity index is 1.76. The predicted molar refractivity (Wildman–Crippen MR) is 82.9 cm³/mol. The van der Waals surface area contributed by atoms with E-state index in [9.17, 15) is 0 Å². The molecule has 0 aliphatic rings. The Kier molecular flexibility index (Phi) is 3.79. The van der Waals surface area contributed by atoms with E-state index in [4.69, 9.17) is 11.6 Å². The molecule has 0 saturated heterocycles. The second kappa shape index (κ2) is 5.88. The molecular formula is C16H14ClN3. The highest BCUT2D eigenvalue weighted by atomic mass is 35.5. The van der Waals surface area contributed by atoms with Crippen molar-refractivity contribution in [1.82, 2.24) is 9.97 Å². The Morgan fingerprint density at radius 1 is 0.950 bits per heavy atom. The standard InChI is InChI=1S/C16H14ClN3/c17-9-12-4-3-5-13(8-12)10-19-16-11-18-14-6-1-2-7-15(14)20-16/h1-8,11H,9-10H2,(H,19,20). The molecule has 0 aliphatic carbocycles. The fourth-order valence-corrected chi connectivity index (χ4v) is 2.22. The topological polar surface area (TPSA) is 37.8 Å². The summed E-state index contributed by atoms with van der Waals surface area (Å²) in [5.41, 5.74) is 4.10. The van der Waals surface area contributed by atoms with Crippen molar-refractivity contribution in [3.8, 4) is 0 Å². The van der Waals surface area contributed by atoms with Gasteiger partial charge in [-0.15, -0.1) is 11.6 Å². The van der Waals surface area contributed by atoms with Crippen LogP contribution in [0.3, 0.4) is 0 Å². The summed E-state index contributed by atoms with van der Waals surface area (Å²) in [6.45, 7) is 0.706. The molecule has 0 atom stereocenters. The number of rotatable bonds is 4. The van der Waals surface area contributed by atoms with E-state index < -0.39 is 0 Å². The van der Waals surface area contributed by atoms with Gasteiger partial charge in [0.2, 0.25) is 0 Å². The lowest BCUT2D eigenvalue weighted by molar-refractivity contribution is 1.10. The summed E-state index contributed by atoms with van der Waals surface area (Å²) in [6, 6.07) is 16.0. The highest BCUT2D eigenvalue weighted by molar-refractivity contribution is 6.17. The summed E-state index contributed by atoms with van der Waals surface area (Å²) in [6.07, 6.45) is 1.76. The van der Waals surface area contributed by atoms with E-state index >= 15 is 0 Å². The molecule has 1 N–H and O–H groups in total. The molecule has 2 aromatic carbocycles. The number of aromatic nitrogens is 2. The van der Waals surface area contributed by atoms with Crippen LogP contribution in [-0.4, -0.2) is 9.97 Å². The van der Waals surface area contributed by atoms with Gasteiger partial charge in [-0.2, -0.15) is 0 Å². The molecule has 4 heteroatoms. The highest BCUT2D eigenvalue weighted by Gasteiger charge is 2.00. The van der Waals surface area contributed by atoms with Crippen LogP contribution in [0.1, 0.15) is 11.1 Å². The number of halogens is 1. The van der Waals surface area contributed by atoms with Crippen molar-refractivity contribution in [3.05, 3.63) is 65.9 Å². The predicted octanol–water partition coefficient (Wildman–Crippen LogP) is 3.98. The van der Waals surface area contributed by atoms with Crippen LogP contribution in [0.5, 0.6) is 0 Å². The maximum atomic E-state index is 5.84. The van der Waals surface area contributed by atoms with E-state index in [2.05, 4.69) is 27.4 Å². The molecule has 0 spiro atoms. The molecule has 100 valence electrons. The lowest BCUT2D eigenvalue weighted by Gasteiger charge is -2.07. The normalized spacial score (nSPS) is 10.7. The summed E-state index contributed by atoms with van der Waals surface area (Å²) in [4.78, 5) is 8.91. The minimum atomic E-state index is 0.531. The first kappa shape index (κ1) is 12.9. The lowest BCUT2D eigenvalue weighted by Crippen LogP contribution is -2.02. The Hall–Kier alpha value is -2.13. The average Bonchev–Trinajstić information content (AvgIpc) is 2.53. The number of benzene rings is 2. The minimum Gasteiger partial charge on any atom is -0.365 e. The lowest BCUT2D eigenvalue weighted by atomic mass is 10.1. The van der Waals surface area contributed by atoms with Crippen molar-refractivity contribution >= 4 is 28.5 Å². The van der Waals surface area contributed by atoms with Gasteiger partial charge in [-0.25, -0.2) is 4.98 Å². The molecule has 0 radical (unpaired) electrons. The summed E-state index contributed by atoms with van der Waals surface area (Å²) >= 11 is 5.84. The minimum absolute atomic E-state index is 0.531. The number of fused-ring (bicyclic) bond motifs is 1. The van der Waals surface area contributed by atoms with E-state index in [1.807, 2.05) is 36.4 Å². The van der Waals surface area contributed by atoms with Crippen LogP contribution in [0.25, 0.3) is 11.0 Å². The molecule has 20 heavy (non-hydrogen) atoms. The van der Waals surface area contributed by atoms with Crippen LogP contribution in [-0.2, 0) is 12.4 Å². The molecule has 0 fully saturated rings. The van der Waals surface area contributed by atoms with E-state index in [0.717, 1.165) is 22.4 Å². The van der Waals surface area contributed by atoms with Crippen LogP contribution in [0, 0.1) is 0 Å². The van der Waals surface area contributed by atoms with E-state index in [1.54, 1.807) is 6.20 Å². The third-order valence-corrected chi connectivity index (χ3v) is 3.38. The molecule has 3 nitrogen and oxygen atoms in total. The number of anilines is 1. The Bertz CT molecular complexity index is 727. The zero-order valence-electron chi connectivity index (χ0n) is 10.9. The van der Waals surface area contributed by atoms with Crippen LogP contribution in [0.2, 0.25) is 0 Å². The number of hydrogen-bond acceptors (Lipinski definition) is 3. The highest BCUT2D eigenvalue weighted by Crippen LogP contribution is 2.13. The maximum absolute atomic E-state index is 5.84. The van der Waals surface area contributed by atoms with Crippen molar-refractivity contribution < 1.29 is 0 Å². The number of para-hydroxylation sites is 2. The number of nitrogens with one attached hydrogen (secondary N) is 1. The molecule has 1 heterocycles. The van der Waals surface area contributed by atoms with Gasteiger partial charge >= 0.3 is 0 Å². The van der Waals surface area contributed by atoms with Crippen molar-refractivity contribution in [2.45, 2.75) is 12.4 Å². The zero-order valence-corrected chi connectivity index (χ0v) is 11.6. The molecule has 0 bridgehead atoms. The van der Waals surface area contributed by atoms with Gasteiger partial charge in [0, 0.05) is 12.4 Å². The van der Waals surface area contributed by atoms with Crippen molar-refractivity contribution in [2.75, 3.05) is 5.32 Å². The second-order valence-electron chi connectivity index (χ2n) is 4.55. The van der Waals surface area contributed by atoms with Crippen LogP contribution in [0.15, 0.2) is 54.7 Å². The summed E-state index contributed by atoms with van der Waals surface area (Å²) in [5, 5.41) is 3.29. The Labute approximate surface area is 122 Å². The smallest absolute Gasteiger partial charge is 0.145 e. The third-order valence-electron chi connectivity index (χ3n) is 3.07. The zero-order chi connectivity index (χ0) is 13.8. The Morgan fingerprint density at radius 3 is 2.60 bits per heavy atom. The van der Waals surface area contributed by atoms with Gasteiger partial charge in [0.25, 0.3) is 0 Å². The van der Waals surface area contributed by atoms with Crippen LogP contribution < -0.4 is 5.32 Å². The average molecular weight is 284 g/mol. The molecular weight excluding hydrogens is 270 g/mol. The van der Waals surface area contributed by atoms with Gasteiger partial charge in [-0.1, -0.05) is 36.4 Å². The van der Waals surface area contributed by atoms with E-state index in [1.165, 1.54) is 5.56 Å². The fourth-order valence-electron chi connectivity index (χ4n) is 2.06. The van der Waals surface area contributed by atoms with Gasteiger partial charge in [0.15, 0.2) is 0 Å². The molecule has 0 saturated carbocycles. The van der Waals surface area contributed by atoms with E-state index in [-0.39, 0.29) is 0 Å². The molecule has 0 amide bonds. The summed E-state index contributed by atoms with van der Waals surface area (Å²) in [7, 11) is 0. The molecule has 0 unspecified atom stereocenters. The fraction of sp³-hybridized carbons (Fsp3) is 0.125. The van der Waals surface area contributed by atoms with Gasteiger partial charge in [-0.3, -0.25) is 4.98 Å². The van der Waals surface area contributed by atoms with Crippen molar-refractivity contribution in [1.29, 1.82) is 0 Å². The number of hydrogen-bond donors (Lipinski definition) is 1. The van der Waals surface area contributed by atoms with Gasteiger partial charge in [0.05, 0.1) is 17.2 Å². The maximum Gasteiger partial charge on any atom is 0.145 e. The number of nitrogens with zero attached hydrogens (tertiary/aromatic N) is 2. The Morgan fingerprint density at radius 2 is 1.75 bits per heavy atom. The molecule has 0 aliphatic heterocycles. The van der Waals surface area contributed by atoms with Crippen molar-refractivity contribution in [2.24, 2.45) is 0 Å². The SMILES string of the molecule is ClCc1cccc(CNc2cnc3ccccc3n2)c1. The van der Waals surface area contributed by atoms with Crippen LogP contribution in [0.4, 0.5) is 5.82 Å². The molecule has 3 rings (SSSR count). The quantitative estimate of drug-likeness (QED) is 0.736. The van der Waals surface area contributed by atoms with Crippen LogP contribution >= 0.6 is 11.6 Å². The third kappa shape index (κ3) is 2.89. The largest absolute Gasteiger partial charge is 0.365 e. The summed E-state index contributed by atoms with van der Waals surface area (Å²) < 4.78 is 0. The van der Waals surface area contributed by atoms with E-state index in [0.29, 0.717) is 12.4 Å². The number of alkyl halides is 1. The monoisotopic (exact) mass is 283 g/mol. The van der Waals surface area contributed by atoms with Gasteiger partial charge in [-0.05, 0) is 23.3 Å². The first-order valence-electron chi connectivity index (χ1n) is 6.44. The second-order valence-corrected chi connectivity index (χ2v) is 4.82. The molecule has 3 aromatic rings. The first-order valence-corrected chi connectivity index (χ1v) is 6.98. The first-order chi connectivity index (χ1) is 9.85. The van der Waals surface area contributed by atoms with Gasteiger partial charge in [0.1, 0.15) is 5.82 Å². The van der Waals surface area contributed by atoms with Crippen molar-refractivity contribution in [3.63, 3.8) is 0 Å².